The van der Waals surface area contributed by atoms with Crippen LogP contribution in [0.4, 0.5) is 0 Å². The van der Waals surface area contributed by atoms with Gasteiger partial charge in [-0.2, -0.15) is 0 Å². The van der Waals surface area contributed by atoms with E-state index in [1.807, 2.05) is 6.92 Å². The standard InChI is InChI=1S/C6H12N2/c1-3-6(8)4-5(2)7/h3-5H,1,7-8H2,2H3/b6-4+. The number of hydrogen-bond acceptors (Lipinski definition) is 2. The Balaban J connectivity index is 3.74. The molecule has 0 aromatic heterocycles. The second-order valence-corrected chi connectivity index (χ2v) is 1.73. The van der Waals surface area contributed by atoms with E-state index < -0.39 is 0 Å². The highest BCUT2D eigenvalue weighted by Gasteiger charge is 1.84. The summed E-state index contributed by atoms with van der Waals surface area (Å²) < 4.78 is 0. The van der Waals surface area contributed by atoms with Gasteiger partial charge in [-0.3, -0.25) is 0 Å². The Hall–Kier alpha value is -0.760. The molecule has 1 unspecified atom stereocenters. The van der Waals surface area contributed by atoms with Gasteiger partial charge in [0.1, 0.15) is 0 Å². The minimum atomic E-state index is 0.0213. The summed E-state index contributed by atoms with van der Waals surface area (Å²) in [6.07, 6.45) is 3.32. The zero-order valence-electron chi connectivity index (χ0n) is 5.09. The average Bonchev–Trinajstić information content (AvgIpc) is 1.65. The first kappa shape index (κ1) is 7.24. The van der Waals surface area contributed by atoms with Crippen molar-refractivity contribution < 1.29 is 0 Å². The summed E-state index contributed by atoms with van der Waals surface area (Å²) in [5.74, 6) is 0. The molecule has 0 aromatic rings. The van der Waals surface area contributed by atoms with E-state index in [0.29, 0.717) is 5.70 Å². The monoisotopic (exact) mass is 112 g/mol. The topological polar surface area (TPSA) is 52.0 Å². The van der Waals surface area contributed by atoms with Crippen molar-refractivity contribution in [2.75, 3.05) is 0 Å². The fourth-order valence-corrected chi connectivity index (χ4v) is 0.372. The van der Waals surface area contributed by atoms with Crippen LogP contribution in [0.1, 0.15) is 6.92 Å². The zero-order chi connectivity index (χ0) is 6.57. The highest BCUT2D eigenvalue weighted by molar-refractivity contribution is 5.13. The van der Waals surface area contributed by atoms with E-state index in [4.69, 9.17) is 11.5 Å². The summed E-state index contributed by atoms with van der Waals surface area (Å²) in [4.78, 5) is 0. The third-order valence-corrected chi connectivity index (χ3v) is 0.691. The summed E-state index contributed by atoms with van der Waals surface area (Å²) in [7, 11) is 0. The molecule has 0 heterocycles. The maximum absolute atomic E-state index is 5.36. The maximum Gasteiger partial charge on any atom is 0.0282 e. The number of nitrogens with two attached hydrogens (primary N) is 2. The minimum absolute atomic E-state index is 0.0213. The van der Waals surface area contributed by atoms with Crippen LogP contribution >= 0.6 is 0 Å². The van der Waals surface area contributed by atoms with Gasteiger partial charge in [-0.15, -0.1) is 0 Å². The van der Waals surface area contributed by atoms with Crippen molar-refractivity contribution in [3.05, 3.63) is 24.4 Å². The van der Waals surface area contributed by atoms with Gasteiger partial charge in [0.15, 0.2) is 0 Å². The van der Waals surface area contributed by atoms with Gasteiger partial charge < -0.3 is 11.5 Å². The van der Waals surface area contributed by atoms with E-state index in [0.717, 1.165) is 0 Å². The van der Waals surface area contributed by atoms with Crippen LogP contribution in [0.5, 0.6) is 0 Å². The molecule has 1 atom stereocenters. The molecule has 4 N–H and O–H groups in total. The van der Waals surface area contributed by atoms with Gasteiger partial charge in [0.05, 0.1) is 0 Å². The molecule has 2 nitrogen and oxygen atoms in total. The highest BCUT2D eigenvalue weighted by Crippen LogP contribution is 1.85. The largest absolute Gasteiger partial charge is 0.399 e. The lowest BCUT2D eigenvalue weighted by molar-refractivity contribution is 0.916. The first-order valence-electron chi connectivity index (χ1n) is 2.52. The summed E-state index contributed by atoms with van der Waals surface area (Å²) in [6, 6.07) is 0.0213. The van der Waals surface area contributed by atoms with E-state index in [9.17, 15) is 0 Å². The Morgan fingerprint density at radius 2 is 2.25 bits per heavy atom. The SMILES string of the molecule is C=C/C(N)=C\C(C)N. The molecular weight excluding hydrogens is 100 g/mol. The molecule has 0 saturated carbocycles. The van der Waals surface area contributed by atoms with E-state index in [2.05, 4.69) is 6.58 Å². The van der Waals surface area contributed by atoms with Crippen LogP contribution in [-0.4, -0.2) is 6.04 Å². The Bertz CT molecular complexity index is 103. The maximum atomic E-state index is 5.36. The van der Waals surface area contributed by atoms with Crippen molar-refractivity contribution in [3.63, 3.8) is 0 Å². The Kier molecular flexibility index (Phi) is 2.96. The Labute approximate surface area is 49.9 Å². The molecule has 2 heteroatoms. The Morgan fingerprint density at radius 1 is 1.75 bits per heavy atom. The van der Waals surface area contributed by atoms with Crippen molar-refractivity contribution in [1.29, 1.82) is 0 Å². The minimum Gasteiger partial charge on any atom is -0.399 e. The average molecular weight is 112 g/mol. The van der Waals surface area contributed by atoms with Crippen molar-refractivity contribution in [2.24, 2.45) is 11.5 Å². The normalized spacial score (nSPS) is 15.5. The van der Waals surface area contributed by atoms with Gasteiger partial charge >= 0.3 is 0 Å². The lowest BCUT2D eigenvalue weighted by atomic mass is 10.3. The van der Waals surface area contributed by atoms with Crippen LogP contribution in [0, 0.1) is 0 Å². The van der Waals surface area contributed by atoms with E-state index in [-0.39, 0.29) is 6.04 Å². The molecule has 0 saturated heterocycles. The van der Waals surface area contributed by atoms with Crippen molar-refractivity contribution in [1.82, 2.24) is 0 Å². The quantitative estimate of drug-likeness (QED) is 0.507. The highest BCUT2D eigenvalue weighted by atomic mass is 14.6. The lowest BCUT2D eigenvalue weighted by Gasteiger charge is -1.95. The van der Waals surface area contributed by atoms with E-state index >= 15 is 0 Å². The summed E-state index contributed by atoms with van der Waals surface area (Å²) >= 11 is 0. The summed E-state index contributed by atoms with van der Waals surface area (Å²) in [5, 5.41) is 0. The zero-order valence-corrected chi connectivity index (χ0v) is 5.09. The second kappa shape index (κ2) is 3.27. The third kappa shape index (κ3) is 3.43. The third-order valence-electron chi connectivity index (χ3n) is 0.691. The predicted octanol–water partition coefficient (Wildman–Crippen LogP) is 0.362. The summed E-state index contributed by atoms with van der Waals surface area (Å²) in [6.45, 7) is 5.32. The second-order valence-electron chi connectivity index (χ2n) is 1.73. The smallest absolute Gasteiger partial charge is 0.0282 e. The fourth-order valence-electron chi connectivity index (χ4n) is 0.372. The molecule has 0 fully saturated rings. The van der Waals surface area contributed by atoms with Crippen LogP contribution < -0.4 is 11.5 Å². The molecule has 0 spiro atoms. The molecule has 0 aliphatic rings. The van der Waals surface area contributed by atoms with Crippen LogP contribution in [0.25, 0.3) is 0 Å². The fraction of sp³-hybridized carbons (Fsp3) is 0.333. The molecule has 0 aliphatic heterocycles. The number of allylic oxidation sites excluding steroid dienone is 1. The van der Waals surface area contributed by atoms with Gasteiger partial charge in [-0.25, -0.2) is 0 Å². The number of rotatable bonds is 2. The molecule has 8 heavy (non-hydrogen) atoms. The van der Waals surface area contributed by atoms with Gasteiger partial charge in [0.25, 0.3) is 0 Å². The van der Waals surface area contributed by atoms with E-state index in [1.165, 1.54) is 0 Å². The van der Waals surface area contributed by atoms with Crippen LogP contribution in [0.2, 0.25) is 0 Å². The molecule has 0 rings (SSSR count). The molecule has 46 valence electrons. The Morgan fingerprint density at radius 3 is 2.38 bits per heavy atom. The van der Waals surface area contributed by atoms with Gasteiger partial charge in [0, 0.05) is 11.7 Å². The molecular formula is C6H12N2. The molecule has 0 amide bonds. The lowest BCUT2D eigenvalue weighted by Crippen LogP contribution is -2.13. The van der Waals surface area contributed by atoms with Crippen LogP contribution in [0.3, 0.4) is 0 Å². The molecule has 0 aliphatic carbocycles. The first-order chi connectivity index (χ1) is 3.66. The van der Waals surface area contributed by atoms with Gasteiger partial charge in [-0.1, -0.05) is 6.58 Å². The summed E-state index contributed by atoms with van der Waals surface area (Å²) in [5.41, 5.74) is 11.3. The van der Waals surface area contributed by atoms with Crippen molar-refractivity contribution in [2.45, 2.75) is 13.0 Å². The molecule has 0 bridgehead atoms. The molecule has 0 aromatic carbocycles. The van der Waals surface area contributed by atoms with Crippen molar-refractivity contribution in [3.8, 4) is 0 Å². The van der Waals surface area contributed by atoms with Crippen LogP contribution in [0.15, 0.2) is 24.4 Å². The van der Waals surface area contributed by atoms with Gasteiger partial charge in [0.2, 0.25) is 0 Å². The van der Waals surface area contributed by atoms with Crippen molar-refractivity contribution >= 4 is 0 Å². The van der Waals surface area contributed by atoms with Gasteiger partial charge in [-0.05, 0) is 19.1 Å². The van der Waals surface area contributed by atoms with E-state index in [1.54, 1.807) is 12.2 Å². The molecule has 0 radical (unpaired) electrons. The first-order valence-corrected chi connectivity index (χ1v) is 2.52. The number of hydrogen-bond donors (Lipinski definition) is 2. The van der Waals surface area contributed by atoms with Crippen LogP contribution in [-0.2, 0) is 0 Å². The predicted molar refractivity (Wildman–Crippen MR) is 36.1 cm³/mol.